The number of sulfonamides is 5. The van der Waals surface area contributed by atoms with Crippen molar-refractivity contribution in [1.82, 2.24) is 46.0 Å². The van der Waals surface area contributed by atoms with Crippen molar-refractivity contribution in [2.45, 2.75) is 318 Å². The molecule has 7 aromatic carbocycles. The highest BCUT2D eigenvalue weighted by Gasteiger charge is 2.42. The molecule has 0 aromatic heterocycles. The summed E-state index contributed by atoms with van der Waals surface area (Å²) < 4.78 is 195. The summed E-state index contributed by atoms with van der Waals surface area (Å²) in [5, 5.41) is 0. The van der Waals surface area contributed by atoms with Crippen LogP contribution < -0.4 is 4.74 Å². The zero-order valence-corrected chi connectivity index (χ0v) is 93.1. The lowest BCUT2D eigenvalue weighted by atomic mass is 9.88. The second-order valence-electron chi connectivity index (χ2n) is 43.0. The molecule has 0 saturated carbocycles. The average Bonchev–Trinajstić information content (AvgIpc) is 0.774. The number of hydrogen-bond acceptors (Lipinski definition) is 16. The normalized spacial score (nSPS) is 21.1. The zero-order chi connectivity index (χ0) is 103. The molecule has 10 aliphatic heterocycles. The van der Waals surface area contributed by atoms with E-state index in [9.17, 15) is 59.7 Å². The second kappa shape index (κ2) is 51.6. The lowest BCUT2D eigenvalue weighted by Gasteiger charge is -2.41. The molecule has 0 spiro atoms. The van der Waals surface area contributed by atoms with Crippen molar-refractivity contribution in [3.05, 3.63) is 211 Å². The van der Waals surface area contributed by atoms with Gasteiger partial charge in [-0.3, -0.25) is 0 Å². The SMILES string of the molecule is CC1CCN(C2CCN(S(=O)(=O)c3ccc(OC(F)(F)F)cc3)CC2)CC1.CCCC1CCN(C2CCN(S(=O)(=O)c3c(C)cc(C)cc3C)CC2)CC1.CCCC1CCN(C2CCN(S(=O)(=O)c3ccc(Br)cc3)CC2)CC1.Cc1cc(C)c(S(=O)(=O)N2CCC(N3CCC(Cc4ccccc4F)CC3)CC2)c(C)c1.Cc1ccc(CC2CCN(C3CCN(S(=O)(=O)c4c(C)cc(C)cc4C)CC3)CC2)cc1. The third-order valence-corrected chi connectivity index (χ3v) is 43.3. The third kappa shape index (κ3) is 30.7. The van der Waals surface area contributed by atoms with Crippen molar-refractivity contribution >= 4 is 66.0 Å². The number of rotatable bonds is 24. The maximum Gasteiger partial charge on any atom is 0.573 e. The van der Waals surface area contributed by atoms with Gasteiger partial charge in [0, 0.05) is 100 Å². The molecule has 0 N–H and O–H groups in total. The van der Waals surface area contributed by atoms with E-state index >= 15 is 0 Å². The van der Waals surface area contributed by atoms with Crippen LogP contribution in [0.1, 0.15) is 242 Å². The molecule has 10 heterocycles. The zero-order valence-electron chi connectivity index (χ0n) is 87.4. The predicted molar refractivity (Wildman–Crippen MR) is 570 cm³/mol. The fourth-order valence-electron chi connectivity index (χ4n) is 24.6. The number of benzene rings is 7. The molecule has 0 aliphatic carbocycles. The van der Waals surface area contributed by atoms with Crippen molar-refractivity contribution in [3.8, 4) is 5.75 Å². The van der Waals surface area contributed by atoms with Gasteiger partial charge in [-0.05, 0) is 405 Å². The minimum atomic E-state index is -4.80. The van der Waals surface area contributed by atoms with Crippen molar-refractivity contribution in [2.75, 3.05) is 131 Å². The van der Waals surface area contributed by atoms with E-state index in [2.05, 4.69) is 97.1 Å². The minimum Gasteiger partial charge on any atom is -0.406 e. The van der Waals surface area contributed by atoms with Crippen LogP contribution in [0.25, 0.3) is 0 Å². The van der Waals surface area contributed by atoms with Gasteiger partial charge >= 0.3 is 6.36 Å². The minimum absolute atomic E-state index is 0.0118. The van der Waals surface area contributed by atoms with Crippen LogP contribution in [-0.2, 0) is 63.0 Å². The van der Waals surface area contributed by atoms with E-state index in [-0.39, 0.29) is 10.7 Å². The summed E-state index contributed by atoms with van der Waals surface area (Å²) in [4.78, 5) is 14.8. The first-order valence-corrected chi connectivity index (χ1v) is 61.3. The molecule has 10 fully saturated rings. The Balaban J connectivity index is 0.000000151. The van der Waals surface area contributed by atoms with Gasteiger partial charge in [-0.15, -0.1) is 13.2 Å². The van der Waals surface area contributed by atoms with E-state index in [1.54, 1.807) is 53.6 Å². The number of aryl methyl sites for hydroxylation is 10. The summed E-state index contributed by atoms with van der Waals surface area (Å²) in [6.07, 6.45) is 23.8. The Bertz CT molecular complexity index is 5790. The van der Waals surface area contributed by atoms with E-state index in [1.807, 2.05) is 111 Å². The first-order chi connectivity index (χ1) is 68.0. The summed E-state index contributed by atoms with van der Waals surface area (Å²) in [5.41, 5.74) is 12.1. The van der Waals surface area contributed by atoms with Crippen LogP contribution in [0.15, 0.2) is 162 Å². The molecular formula is C112H163BrF4N10O11S5. The third-order valence-electron chi connectivity index (χ3n) is 32.4. The van der Waals surface area contributed by atoms with E-state index < -0.39 is 62.2 Å². The number of alkyl halides is 3. The quantitative estimate of drug-likeness (QED) is 0.0515. The standard InChI is InChI=1S/C27H38N2O2S.C26H35FN2O2S.C22H36N2O2S.C19H29BrN2O2S.C18H25F3N2O3S/c1-20-5-7-24(8-6-20)19-25-9-13-28(14-10-25)26-11-15-29(16-12-26)32(30,31)27-22(3)17-21(2)18-23(27)4;1-19-16-20(2)26(21(3)17-19)32(30,31)29-14-10-24(11-15-29)28-12-8-22(9-13-28)18-23-6-4-5-7-25(23)27;1-5-6-20-7-11-23(12-8-20)21-9-13-24(14-10-21)27(25,26)22-18(3)15-17(2)16-19(22)4;1-2-3-16-8-12-21(13-9-16)18-10-14-22(15-11-18)25(23,24)19-6-4-17(20)5-7-19;1-14-6-10-22(11-7-14)15-8-12-23(13-9-15)27(24,25)17-4-2-16(3-5-17)26-18(19,20)21/h5-8,17-18,25-26H,9-16,19H2,1-4H3;4-7,16-17,22,24H,8-15,18H2,1-3H3;15-16,20-21H,5-14H2,1-4H3;4-7,16,18H,2-3,8-15H2,1H3;2-5,14-15H,6-13H2,1H3. The van der Waals surface area contributed by atoms with Crippen LogP contribution in [0.3, 0.4) is 0 Å². The Morgan fingerprint density at radius 3 is 0.867 bits per heavy atom. The highest BCUT2D eigenvalue weighted by Crippen LogP contribution is 2.39. The monoisotopic (exact) mass is 2140 g/mol. The number of hydrogen-bond donors (Lipinski definition) is 0. The highest BCUT2D eigenvalue weighted by molar-refractivity contribution is 9.10. The van der Waals surface area contributed by atoms with Gasteiger partial charge in [0.25, 0.3) is 0 Å². The smallest absolute Gasteiger partial charge is 0.406 e. The van der Waals surface area contributed by atoms with Crippen LogP contribution >= 0.6 is 15.9 Å². The molecule has 143 heavy (non-hydrogen) atoms. The fourth-order valence-corrected chi connectivity index (χ4v) is 33.4. The predicted octanol–water partition coefficient (Wildman–Crippen LogP) is 21.7. The van der Waals surface area contributed by atoms with Crippen molar-refractivity contribution in [3.63, 3.8) is 0 Å². The molecule has 21 nitrogen and oxygen atoms in total. The van der Waals surface area contributed by atoms with Crippen molar-refractivity contribution in [1.29, 1.82) is 0 Å². The van der Waals surface area contributed by atoms with Crippen LogP contribution in [-0.4, -0.2) is 256 Å². The molecule has 0 radical (unpaired) electrons. The molecule has 17 rings (SSSR count). The number of halogens is 5. The van der Waals surface area contributed by atoms with E-state index in [0.717, 1.165) is 231 Å². The molecule has 0 amide bonds. The molecule has 0 atom stereocenters. The summed E-state index contributed by atoms with van der Waals surface area (Å²) in [7, 11) is -17.3. The molecule has 792 valence electrons. The summed E-state index contributed by atoms with van der Waals surface area (Å²) >= 11 is 3.36. The van der Waals surface area contributed by atoms with E-state index in [4.69, 9.17) is 0 Å². The molecule has 10 saturated heterocycles. The topological polar surface area (TPSA) is 212 Å². The van der Waals surface area contributed by atoms with Gasteiger partial charge < -0.3 is 29.2 Å². The van der Waals surface area contributed by atoms with Gasteiger partial charge in [-0.25, -0.2) is 46.5 Å². The maximum atomic E-state index is 14.0. The van der Waals surface area contributed by atoms with Gasteiger partial charge in [0.1, 0.15) is 11.6 Å². The van der Waals surface area contributed by atoms with Gasteiger partial charge in [0.05, 0.1) is 24.5 Å². The summed E-state index contributed by atoms with van der Waals surface area (Å²) in [6.45, 7) is 43.5. The van der Waals surface area contributed by atoms with Crippen LogP contribution in [0.4, 0.5) is 17.6 Å². The van der Waals surface area contributed by atoms with E-state index in [1.165, 1.54) is 125 Å². The summed E-state index contributed by atoms with van der Waals surface area (Å²) in [5.74, 6) is 3.32. The van der Waals surface area contributed by atoms with Gasteiger partial charge in [-0.2, -0.15) is 21.5 Å². The lowest BCUT2D eigenvalue weighted by molar-refractivity contribution is -0.274. The number of nitrogens with zero attached hydrogens (tertiary/aromatic N) is 10. The molecule has 0 bridgehead atoms. The average molecular weight is 2140 g/mol. The van der Waals surface area contributed by atoms with Crippen LogP contribution in [0.2, 0.25) is 0 Å². The van der Waals surface area contributed by atoms with Gasteiger partial charge in [0.2, 0.25) is 50.1 Å². The Morgan fingerprint density at radius 2 is 0.580 bits per heavy atom. The van der Waals surface area contributed by atoms with E-state index in [0.29, 0.717) is 121 Å². The van der Waals surface area contributed by atoms with Gasteiger partial charge in [-0.1, -0.05) is 164 Å². The Morgan fingerprint density at radius 1 is 0.315 bits per heavy atom. The number of piperidine rings is 10. The van der Waals surface area contributed by atoms with Crippen molar-refractivity contribution < 1.29 is 64.4 Å². The molecular weight excluding hydrogens is 1980 g/mol. The first kappa shape index (κ1) is 114. The highest BCUT2D eigenvalue weighted by atomic mass is 79.9. The lowest BCUT2D eigenvalue weighted by Crippen LogP contribution is -2.49. The second-order valence-corrected chi connectivity index (χ2v) is 53.4. The molecule has 31 heteroatoms. The molecule has 7 aromatic rings. The largest absolute Gasteiger partial charge is 0.573 e. The molecule has 10 aliphatic rings. The summed E-state index contributed by atoms with van der Waals surface area (Å²) in [6, 6.07) is 41.7. The Labute approximate surface area is 864 Å². The molecule has 0 unspecified atom stereocenters. The Hall–Kier alpha value is -6.11. The van der Waals surface area contributed by atoms with Crippen molar-refractivity contribution in [2.24, 2.45) is 29.6 Å². The Kier molecular flexibility index (Phi) is 41.2. The fraction of sp³-hybridized carbons (Fsp3) is 0.625. The maximum absolute atomic E-state index is 14.0. The van der Waals surface area contributed by atoms with Crippen LogP contribution in [0, 0.1) is 105 Å². The number of likely N-dealkylation sites (tertiary alicyclic amines) is 5. The number of ether oxygens (including phenoxy) is 1. The first-order valence-electron chi connectivity index (χ1n) is 53.3. The van der Waals surface area contributed by atoms with Crippen LogP contribution in [0.5, 0.6) is 5.75 Å². The van der Waals surface area contributed by atoms with Gasteiger partial charge in [0.15, 0.2) is 0 Å².